The number of carbonyl (C=O) groups is 4. The monoisotopic (exact) mass is 664 g/mol. The van der Waals surface area contributed by atoms with Crippen molar-refractivity contribution in [2.45, 2.75) is 45.6 Å². The van der Waals surface area contributed by atoms with Crippen molar-refractivity contribution in [2.24, 2.45) is 0 Å². The van der Waals surface area contributed by atoms with Crippen LogP contribution in [0.2, 0.25) is 0 Å². The van der Waals surface area contributed by atoms with E-state index >= 15 is 0 Å². The third kappa shape index (κ3) is 10.6. The number of alkyl carbamates (subject to hydrolysis) is 1. The Bertz CT molecular complexity index is 1760. The number of nitrogens with one attached hydrogen (secondary N) is 3. The second-order valence-electron chi connectivity index (χ2n) is 11.0. The van der Waals surface area contributed by atoms with E-state index in [9.17, 15) is 29.3 Å². The van der Waals surface area contributed by atoms with Crippen LogP contribution in [-0.4, -0.2) is 73.5 Å². The summed E-state index contributed by atoms with van der Waals surface area (Å²) in [5.41, 5.74) is 0.233. The van der Waals surface area contributed by atoms with Crippen LogP contribution >= 0.6 is 0 Å². The molecule has 48 heavy (non-hydrogen) atoms. The standard InChI is InChI=1S/C30H32N8O10/c1-30(2,3)48-27(40)31-13-20(16-46-29(42)47-22-11-9-21(10-12-22)38(43)44)35-23(39)14-37-18-34-24-25(32-17-33-26(24)37)36-28(41)45-15-19-7-5-4-6-8-19/h4-12,17-18,20H,13-16H2,1-3H3,(H,31,40)(H,35,39)(H,32,33,36,41)/t20-/m1/s1. The summed E-state index contributed by atoms with van der Waals surface area (Å²) >= 11 is 0. The fourth-order valence-corrected chi connectivity index (χ4v) is 3.97. The largest absolute Gasteiger partial charge is 0.513 e. The van der Waals surface area contributed by atoms with E-state index in [1.807, 2.05) is 18.2 Å². The van der Waals surface area contributed by atoms with Crippen molar-refractivity contribution in [3.63, 3.8) is 0 Å². The van der Waals surface area contributed by atoms with Crippen LogP contribution < -0.4 is 20.7 Å². The number of aromatic nitrogens is 4. The van der Waals surface area contributed by atoms with Gasteiger partial charge in [0.25, 0.3) is 5.69 Å². The van der Waals surface area contributed by atoms with Crippen molar-refractivity contribution in [2.75, 3.05) is 18.5 Å². The van der Waals surface area contributed by atoms with Crippen LogP contribution in [0.1, 0.15) is 26.3 Å². The molecule has 0 spiro atoms. The molecule has 18 heteroatoms. The molecule has 3 N–H and O–H groups in total. The first-order chi connectivity index (χ1) is 22.9. The number of amides is 3. The number of carbonyl (C=O) groups excluding carboxylic acids is 4. The number of fused-ring (bicyclic) bond motifs is 1. The molecule has 4 aromatic rings. The van der Waals surface area contributed by atoms with Gasteiger partial charge >= 0.3 is 18.3 Å². The summed E-state index contributed by atoms with van der Waals surface area (Å²) in [6.07, 6.45) is -0.178. The van der Waals surface area contributed by atoms with Crippen LogP contribution in [0.3, 0.4) is 0 Å². The number of rotatable bonds is 12. The van der Waals surface area contributed by atoms with Crippen LogP contribution in [0.4, 0.5) is 25.9 Å². The molecule has 4 rings (SSSR count). The Morgan fingerprint density at radius 3 is 2.38 bits per heavy atom. The molecule has 0 aliphatic rings. The number of anilines is 1. The van der Waals surface area contributed by atoms with Crippen LogP contribution in [0.25, 0.3) is 11.2 Å². The zero-order valence-electron chi connectivity index (χ0n) is 26.1. The third-order valence-electron chi connectivity index (χ3n) is 6.06. The van der Waals surface area contributed by atoms with E-state index in [2.05, 4.69) is 30.9 Å². The molecule has 0 aliphatic carbocycles. The van der Waals surface area contributed by atoms with Crippen molar-refractivity contribution in [3.05, 3.63) is 82.9 Å². The van der Waals surface area contributed by atoms with E-state index in [0.717, 1.165) is 17.7 Å². The first-order valence-electron chi connectivity index (χ1n) is 14.3. The quantitative estimate of drug-likeness (QED) is 0.0646. The van der Waals surface area contributed by atoms with Gasteiger partial charge in [-0.1, -0.05) is 30.3 Å². The molecule has 0 unspecified atom stereocenters. The van der Waals surface area contributed by atoms with E-state index in [0.29, 0.717) is 0 Å². The summed E-state index contributed by atoms with van der Waals surface area (Å²) in [6, 6.07) is 12.9. The number of imidazole rings is 1. The van der Waals surface area contributed by atoms with E-state index < -0.39 is 47.4 Å². The first-order valence-corrected chi connectivity index (χ1v) is 14.3. The fourth-order valence-electron chi connectivity index (χ4n) is 3.97. The predicted molar refractivity (Wildman–Crippen MR) is 167 cm³/mol. The number of nitrogens with zero attached hydrogens (tertiary/aromatic N) is 5. The van der Waals surface area contributed by atoms with Gasteiger partial charge in [0.05, 0.1) is 17.3 Å². The Hall–Kier alpha value is -6.33. The maximum atomic E-state index is 13.1. The second kappa shape index (κ2) is 15.8. The van der Waals surface area contributed by atoms with Gasteiger partial charge < -0.3 is 34.1 Å². The van der Waals surface area contributed by atoms with Gasteiger partial charge in [-0.05, 0) is 38.5 Å². The average molecular weight is 665 g/mol. The number of hydrogen-bond acceptors (Lipinski definition) is 13. The summed E-state index contributed by atoms with van der Waals surface area (Å²) in [5.74, 6) is -0.519. The molecular formula is C30H32N8O10. The molecular weight excluding hydrogens is 632 g/mol. The van der Waals surface area contributed by atoms with Gasteiger partial charge in [0.15, 0.2) is 17.0 Å². The maximum absolute atomic E-state index is 13.1. The Morgan fingerprint density at radius 1 is 0.958 bits per heavy atom. The van der Waals surface area contributed by atoms with Crippen LogP contribution in [0.5, 0.6) is 5.75 Å². The van der Waals surface area contributed by atoms with Gasteiger partial charge in [0, 0.05) is 18.7 Å². The first kappa shape index (κ1) is 34.5. The highest BCUT2D eigenvalue weighted by Gasteiger charge is 2.22. The minimum absolute atomic E-state index is 0.00893. The van der Waals surface area contributed by atoms with Crippen molar-refractivity contribution in [1.29, 1.82) is 0 Å². The number of nitro groups is 1. The normalized spacial score (nSPS) is 11.6. The minimum Gasteiger partial charge on any atom is -0.444 e. The molecule has 2 heterocycles. The lowest BCUT2D eigenvalue weighted by atomic mass is 10.2. The zero-order chi connectivity index (χ0) is 34.7. The molecule has 2 aromatic heterocycles. The topological polar surface area (TPSA) is 228 Å². The Kier molecular flexibility index (Phi) is 11.4. The third-order valence-corrected chi connectivity index (χ3v) is 6.06. The molecule has 0 fully saturated rings. The van der Waals surface area contributed by atoms with E-state index in [1.165, 1.54) is 29.4 Å². The lowest BCUT2D eigenvalue weighted by molar-refractivity contribution is -0.384. The zero-order valence-corrected chi connectivity index (χ0v) is 26.1. The van der Waals surface area contributed by atoms with Crippen LogP contribution in [-0.2, 0) is 32.2 Å². The molecule has 0 bridgehead atoms. The number of nitro benzene ring substituents is 1. The van der Waals surface area contributed by atoms with Gasteiger partial charge in [0.1, 0.15) is 37.4 Å². The molecule has 1 atom stereocenters. The number of hydrogen-bond donors (Lipinski definition) is 3. The summed E-state index contributed by atoms with van der Waals surface area (Å²) in [5, 5.41) is 18.5. The lowest BCUT2D eigenvalue weighted by Gasteiger charge is -2.22. The van der Waals surface area contributed by atoms with Crippen LogP contribution in [0, 0.1) is 10.1 Å². The summed E-state index contributed by atoms with van der Waals surface area (Å²) in [4.78, 5) is 72.7. The van der Waals surface area contributed by atoms with Gasteiger partial charge in [-0.15, -0.1) is 0 Å². The second-order valence-corrected chi connectivity index (χ2v) is 11.0. The van der Waals surface area contributed by atoms with Gasteiger partial charge in [-0.2, -0.15) is 0 Å². The molecule has 0 radical (unpaired) electrons. The molecule has 0 saturated heterocycles. The predicted octanol–water partition coefficient (Wildman–Crippen LogP) is 3.71. The minimum atomic E-state index is -1.15. The summed E-state index contributed by atoms with van der Waals surface area (Å²) in [7, 11) is 0. The SMILES string of the molecule is CC(C)(C)OC(=O)NC[C@H](COC(=O)Oc1ccc([N+](=O)[O-])cc1)NC(=O)Cn1cnc2c(NC(=O)OCc3ccccc3)ncnc21. The molecule has 3 amide bonds. The molecule has 0 saturated carbocycles. The number of benzene rings is 2. The van der Waals surface area contributed by atoms with E-state index in [-0.39, 0.29) is 48.1 Å². The molecule has 0 aliphatic heterocycles. The Balaban J connectivity index is 1.37. The Morgan fingerprint density at radius 2 is 1.69 bits per heavy atom. The van der Waals surface area contributed by atoms with Gasteiger partial charge in [0.2, 0.25) is 5.91 Å². The fraction of sp³-hybridized carbons (Fsp3) is 0.300. The van der Waals surface area contributed by atoms with E-state index in [1.54, 1.807) is 32.9 Å². The Labute approximate surface area is 272 Å². The maximum Gasteiger partial charge on any atom is 0.513 e. The lowest BCUT2D eigenvalue weighted by Crippen LogP contribution is -2.48. The number of ether oxygens (including phenoxy) is 4. The van der Waals surface area contributed by atoms with E-state index in [4.69, 9.17) is 18.9 Å². The van der Waals surface area contributed by atoms with Crippen molar-refractivity contribution < 1.29 is 43.0 Å². The van der Waals surface area contributed by atoms with Crippen molar-refractivity contribution >= 4 is 46.9 Å². The smallest absolute Gasteiger partial charge is 0.444 e. The number of non-ortho nitro benzene ring substituents is 1. The van der Waals surface area contributed by atoms with Crippen molar-refractivity contribution in [1.82, 2.24) is 30.2 Å². The average Bonchev–Trinajstić information content (AvgIpc) is 3.44. The summed E-state index contributed by atoms with van der Waals surface area (Å²) in [6.45, 7) is 4.14. The summed E-state index contributed by atoms with van der Waals surface area (Å²) < 4.78 is 22.0. The van der Waals surface area contributed by atoms with Crippen LogP contribution in [0.15, 0.2) is 67.3 Å². The van der Waals surface area contributed by atoms with Crippen molar-refractivity contribution in [3.8, 4) is 5.75 Å². The molecule has 18 nitrogen and oxygen atoms in total. The van der Waals surface area contributed by atoms with Gasteiger partial charge in [-0.3, -0.25) is 20.2 Å². The highest BCUT2D eigenvalue weighted by Crippen LogP contribution is 2.19. The highest BCUT2D eigenvalue weighted by atomic mass is 16.7. The van der Waals surface area contributed by atoms with Gasteiger partial charge in [-0.25, -0.2) is 29.3 Å². The molecule has 2 aromatic carbocycles. The highest BCUT2D eigenvalue weighted by molar-refractivity contribution is 5.93. The molecule has 252 valence electrons.